The lowest BCUT2D eigenvalue weighted by molar-refractivity contribution is -0.118. The number of thioether (sulfide) groups is 1. The molecule has 0 bridgehead atoms. The first-order valence-electron chi connectivity index (χ1n) is 9.46. The van der Waals surface area contributed by atoms with Gasteiger partial charge in [0.05, 0.1) is 0 Å². The molecule has 0 saturated heterocycles. The maximum Gasteiger partial charge on any atom is 0.264 e. The Balaban J connectivity index is 1.51. The number of hydrogen-bond donors (Lipinski definition) is 1. The van der Waals surface area contributed by atoms with E-state index in [1.165, 1.54) is 22.5 Å². The van der Waals surface area contributed by atoms with E-state index in [0.29, 0.717) is 11.0 Å². The van der Waals surface area contributed by atoms with E-state index in [0.717, 1.165) is 27.0 Å². The van der Waals surface area contributed by atoms with Gasteiger partial charge in [-0.15, -0.1) is 10.2 Å². The van der Waals surface area contributed by atoms with Gasteiger partial charge in [-0.2, -0.15) is 0 Å². The number of rotatable bonds is 8. The molecular weight excluding hydrogens is 402 g/mol. The van der Waals surface area contributed by atoms with Crippen molar-refractivity contribution in [3.63, 3.8) is 0 Å². The van der Waals surface area contributed by atoms with E-state index in [1.54, 1.807) is 11.8 Å². The lowest BCUT2D eigenvalue weighted by Crippen LogP contribution is -2.20. The number of ether oxygens (including phenoxy) is 1. The van der Waals surface area contributed by atoms with Gasteiger partial charge < -0.3 is 4.74 Å². The number of benzene rings is 2. The van der Waals surface area contributed by atoms with E-state index in [1.807, 2.05) is 13.0 Å². The highest BCUT2D eigenvalue weighted by Crippen LogP contribution is 2.29. The minimum Gasteiger partial charge on any atom is -0.483 e. The summed E-state index contributed by atoms with van der Waals surface area (Å²) in [7, 11) is 0. The van der Waals surface area contributed by atoms with Crippen molar-refractivity contribution >= 4 is 34.1 Å². The molecular formula is C22H25N3O2S2. The van der Waals surface area contributed by atoms with Gasteiger partial charge in [0.25, 0.3) is 5.91 Å². The first-order chi connectivity index (χ1) is 13.9. The summed E-state index contributed by atoms with van der Waals surface area (Å²) in [6, 6.07) is 14.5. The van der Waals surface area contributed by atoms with Crippen LogP contribution in [0.4, 0.5) is 5.13 Å². The van der Waals surface area contributed by atoms with Crippen LogP contribution in [0, 0.1) is 13.8 Å². The predicted molar refractivity (Wildman–Crippen MR) is 120 cm³/mol. The standard InChI is InChI=1S/C22H25N3O2S2/c1-14(2)18-10-7-16(4)11-19(18)27-12-20(26)23-21-24-25-22(29-21)28-13-17-8-5-15(3)6-9-17/h5-11,14H,12-13H2,1-4H3,(H,23,24,26). The molecule has 29 heavy (non-hydrogen) atoms. The van der Waals surface area contributed by atoms with Gasteiger partial charge in [-0.25, -0.2) is 0 Å². The van der Waals surface area contributed by atoms with Crippen molar-refractivity contribution in [2.45, 2.75) is 43.7 Å². The summed E-state index contributed by atoms with van der Waals surface area (Å²) < 4.78 is 6.60. The Morgan fingerprint density at radius 2 is 1.83 bits per heavy atom. The van der Waals surface area contributed by atoms with Gasteiger partial charge in [-0.1, -0.05) is 78.9 Å². The van der Waals surface area contributed by atoms with Crippen LogP contribution in [0.3, 0.4) is 0 Å². The summed E-state index contributed by atoms with van der Waals surface area (Å²) in [6.07, 6.45) is 0. The van der Waals surface area contributed by atoms with E-state index in [4.69, 9.17) is 4.74 Å². The molecule has 3 rings (SSSR count). The van der Waals surface area contributed by atoms with Crippen LogP contribution >= 0.6 is 23.1 Å². The molecule has 3 aromatic rings. The summed E-state index contributed by atoms with van der Waals surface area (Å²) in [6.45, 7) is 8.23. The van der Waals surface area contributed by atoms with Gasteiger partial charge in [0.1, 0.15) is 5.75 Å². The number of hydrogen-bond acceptors (Lipinski definition) is 6. The molecule has 0 unspecified atom stereocenters. The van der Waals surface area contributed by atoms with Crippen LogP contribution in [-0.2, 0) is 10.5 Å². The molecule has 7 heteroatoms. The second kappa shape index (κ2) is 9.89. The SMILES string of the molecule is Cc1ccc(CSc2nnc(NC(=O)COc3cc(C)ccc3C(C)C)s2)cc1. The summed E-state index contributed by atoms with van der Waals surface area (Å²) in [5.74, 6) is 1.65. The summed E-state index contributed by atoms with van der Waals surface area (Å²) in [5, 5.41) is 11.5. The largest absolute Gasteiger partial charge is 0.483 e. The average molecular weight is 428 g/mol. The monoisotopic (exact) mass is 427 g/mol. The third-order valence-corrected chi connectivity index (χ3v) is 6.33. The van der Waals surface area contributed by atoms with Gasteiger partial charge >= 0.3 is 0 Å². The fourth-order valence-electron chi connectivity index (χ4n) is 2.69. The molecule has 0 saturated carbocycles. The number of anilines is 1. The second-order valence-electron chi connectivity index (χ2n) is 7.18. The minimum absolute atomic E-state index is 0.0609. The highest BCUT2D eigenvalue weighted by molar-refractivity contribution is 8.00. The van der Waals surface area contributed by atoms with Crippen molar-refractivity contribution in [2.75, 3.05) is 11.9 Å². The molecule has 0 fully saturated rings. The van der Waals surface area contributed by atoms with Crippen LogP contribution in [-0.4, -0.2) is 22.7 Å². The third kappa shape index (κ3) is 6.30. The Morgan fingerprint density at radius 1 is 1.10 bits per heavy atom. The lowest BCUT2D eigenvalue weighted by Gasteiger charge is -2.14. The van der Waals surface area contributed by atoms with Crippen molar-refractivity contribution in [3.8, 4) is 5.75 Å². The first-order valence-corrected chi connectivity index (χ1v) is 11.3. The molecule has 5 nitrogen and oxygen atoms in total. The topological polar surface area (TPSA) is 64.1 Å². The Hall–Kier alpha value is -2.38. The molecule has 1 amide bonds. The van der Waals surface area contributed by atoms with E-state index in [-0.39, 0.29) is 12.5 Å². The molecule has 152 valence electrons. The number of nitrogens with one attached hydrogen (secondary N) is 1. The van der Waals surface area contributed by atoms with Crippen LogP contribution in [0.5, 0.6) is 5.75 Å². The Morgan fingerprint density at radius 3 is 2.55 bits per heavy atom. The normalized spacial score (nSPS) is 10.9. The smallest absolute Gasteiger partial charge is 0.264 e. The van der Waals surface area contributed by atoms with Crippen molar-refractivity contribution in [1.82, 2.24) is 10.2 Å². The minimum atomic E-state index is -0.243. The van der Waals surface area contributed by atoms with Crippen LogP contribution in [0.2, 0.25) is 0 Å². The Kier molecular flexibility index (Phi) is 7.28. The van der Waals surface area contributed by atoms with E-state index < -0.39 is 0 Å². The summed E-state index contributed by atoms with van der Waals surface area (Å²) >= 11 is 2.98. The van der Waals surface area contributed by atoms with Crippen LogP contribution < -0.4 is 10.1 Å². The number of carbonyl (C=O) groups excluding carboxylic acids is 1. The molecule has 1 heterocycles. The number of aromatic nitrogens is 2. The fraction of sp³-hybridized carbons (Fsp3) is 0.318. The molecule has 2 aromatic carbocycles. The van der Waals surface area contributed by atoms with Crippen molar-refractivity contribution in [3.05, 3.63) is 64.7 Å². The molecule has 1 aromatic heterocycles. The zero-order valence-electron chi connectivity index (χ0n) is 17.1. The highest BCUT2D eigenvalue weighted by atomic mass is 32.2. The number of nitrogens with zero attached hydrogens (tertiary/aromatic N) is 2. The van der Waals surface area contributed by atoms with Crippen molar-refractivity contribution in [2.24, 2.45) is 0 Å². The third-order valence-electron chi connectivity index (χ3n) is 4.29. The molecule has 0 aliphatic rings. The quantitative estimate of drug-likeness (QED) is 0.375. The van der Waals surface area contributed by atoms with Gasteiger partial charge in [0.2, 0.25) is 5.13 Å². The molecule has 0 spiro atoms. The molecule has 0 radical (unpaired) electrons. The second-order valence-corrected chi connectivity index (χ2v) is 9.38. The van der Waals surface area contributed by atoms with Gasteiger partial charge in [0, 0.05) is 5.75 Å². The summed E-state index contributed by atoms with van der Waals surface area (Å²) in [4.78, 5) is 12.3. The van der Waals surface area contributed by atoms with E-state index in [9.17, 15) is 4.79 Å². The zero-order valence-corrected chi connectivity index (χ0v) is 18.7. The van der Waals surface area contributed by atoms with E-state index >= 15 is 0 Å². The van der Waals surface area contributed by atoms with Crippen LogP contribution in [0.25, 0.3) is 0 Å². The van der Waals surface area contributed by atoms with Crippen molar-refractivity contribution < 1.29 is 9.53 Å². The molecule has 1 N–H and O–H groups in total. The summed E-state index contributed by atoms with van der Waals surface area (Å²) in [5.41, 5.74) is 4.67. The number of carbonyl (C=O) groups is 1. The van der Waals surface area contributed by atoms with Crippen LogP contribution in [0.1, 0.15) is 42.0 Å². The van der Waals surface area contributed by atoms with Gasteiger partial charge in [-0.3, -0.25) is 10.1 Å². The number of amides is 1. The van der Waals surface area contributed by atoms with Crippen molar-refractivity contribution in [1.29, 1.82) is 0 Å². The molecule has 0 aliphatic heterocycles. The highest BCUT2D eigenvalue weighted by Gasteiger charge is 2.12. The first kappa shape index (κ1) is 21.3. The fourth-order valence-corrected chi connectivity index (χ4v) is 4.41. The van der Waals surface area contributed by atoms with Crippen LogP contribution in [0.15, 0.2) is 46.8 Å². The Bertz CT molecular complexity index is 968. The van der Waals surface area contributed by atoms with Gasteiger partial charge in [0.15, 0.2) is 10.9 Å². The van der Waals surface area contributed by atoms with E-state index in [2.05, 4.69) is 72.7 Å². The molecule has 0 aliphatic carbocycles. The maximum absolute atomic E-state index is 12.3. The predicted octanol–water partition coefficient (Wildman–Crippen LogP) is 5.59. The zero-order chi connectivity index (χ0) is 20.8. The number of aryl methyl sites for hydroxylation is 2. The molecule has 0 atom stereocenters. The average Bonchev–Trinajstić information content (AvgIpc) is 3.13. The Labute approximate surface area is 179 Å². The van der Waals surface area contributed by atoms with Gasteiger partial charge in [-0.05, 0) is 42.5 Å². The lowest BCUT2D eigenvalue weighted by atomic mass is 10.0. The maximum atomic E-state index is 12.3.